The molecule has 0 spiro atoms. The second-order valence-electron chi connectivity index (χ2n) is 5.59. The molecule has 0 unspecified atom stereocenters. The van der Waals surface area contributed by atoms with Gasteiger partial charge in [0.15, 0.2) is 0 Å². The van der Waals surface area contributed by atoms with E-state index in [0.717, 1.165) is 18.8 Å². The van der Waals surface area contributed by atoms with E-state index in [1.165, 1.54) is 4.31 Å². The van der Waals surface area contributed by atoms with Gasteiger partial charge in [-0.25, -0.2) is 13.2 Å². The molecule has 122 valence electrons. The maximum atomic E-state index is 12.6. The van der Waals surface area contributed by atoms with Crippen molar-refractivity contribution >= 4 is 16.0 Å². The highest BCUT2D eigenvalue weighted by Gasteiger charge is 2.54. The Bertz CT molecular complexity index is 682. The molecule has 0 aromatic carbocycles. The average Bonchev–Trinajstić information content (AvgIpc) is 3.11. The van der Waals surface area contributed by atoms with Gasteiger partial charge in [-0.15, -0.1) is 0 Å². The number of hydrogen-bond donors (Lipinski definition) is 1. The maximum absolute atomic E-state index is 12.6. The lowest BCUT2D eigenvalue weighted by Crippen LogP contribution is -2.42. The van der Waals surface area contributed by atoms with E-state index in [1.54, 1.807) is 7.11 Å². The number of nitrogens with zero attached hydrogens (tertiary/aromatic N) is 1. The van der Waals surface area contributed by atoms with Gasteiger partial charge in [0.05, 0.1) is 12.2 Å². The van der Waals surface area contributed by atoms with Gasteiger partial charge in [-0.05, 0) is 6.42 Å². The van der Waals surface area contributed by atoms with Crippen LogP contribution in [0.15, 0.2) is 21.8 Å². The zero-order valence-corrected chi connectivity index (χ0v) is 12.8. The van der Waals surface area contributed by atoms with Crippen LogP contribution in [0, 0.1) is 5.92 Å². The highest BCUT2D eigenvalue weighted by atomic mass is 32.2. The minimum atomic E-state index is -3.88. The summed E-state index contributed by atoms with van der Waals surface area (Å²) >= 11 is 0. The average molecular weight is 331 g/mol. The summed E-state index contributed by atoms with van der Waals surface area (Å²) in [5.41, 5.74) is -0.815. The molecular weight excluding hydrogens is 314 g/mol. The van der Waals surface area contributed by atoms with Crippen molar-refractivity contribution in [3.8, 4) is 0 Å². The SMILES string of the molecule is COC[C@]12CN(S(=O)(=O)c3cc(C(=O)O)co3)C[C@H]1CCO2. The first-order valence-electron chi connectivity index (χ1n) is 6.84. The van der Waals surface area contributed by atoms with Gasteiger partial charge in [0.1, 0.15) is 11.9 Å². The molecular formula is C13H17NO7S. The fraction of sp³-hybridized carbons (Fsp3) is 0.615. The molecule has 0 saturated carbocycles. The third kappa shape index (κ3) is 2.34. The number of sulfonamides is 1. The van der Waals surface area contributed by atoms with Crippen LogP contribution in [0.4, 0.5) is 0 Å². The van der Waals surface area contributed by atoms with Crippen LogP contribution in [-0.4, -0.2) is 62.8 Å². The number of furan rings is 1. The maximum Gasteiger partial charge on any atom is 0.339 e. The number of hydrogen-bond acceptors (Lipinski definition) is 6. The smallest absolute Gasteiger partial charge is 0.339 e. The summed E-state index contributed by atoms with van der Waals surface area (Å²) in [5, 5.41) is 8.50. The quantitative estimate of drug-likeness (QED) is 0.832. The lowest BCUT2D eigenvalue weighted by atomic mass is 9.92. The Morgan fingerprint density at radius 2 is 2.36 bits per heavy atom. The van der Waals surface area contributed by atoms with Crippen LogP contribution in [0.3, 0.4) is 0 Å². The fourth-order valence-electron chi connectivity index (χ4n) is 3.15. The minimum absolute atomic E-state index is 0.0659. The lowest BCUT2D eigenvalue weighted by Gasteiger charge is -2.26. The van der Waals surface area contributed by atoms with E-state index in [4.69, 9.17) is 19.0 Å². The van der Waals surface area contributed by atoms with Crippen molar-refractivity contribution in [3.63, 3.8) is 0 Å². The summed E-state index contributed by atoms with van der Waals surface area (Å²) in [7, 11) is -2.33. The molecule has 8 nitrogen and oxygen atoms in total. The molecule has 3 rings (SSSR count). The van der Waals surface area contributed by atoms with Crippen LogP contribution in [0.25, 0.3) is 0 Å². The molecule has 9 heteroatoms. The van der Waals surface area contributed by atoms with E-state index in [9.17, 15) is 13.2 Å². The van der Waals surface area contributed by atoms with E-state index in [2.05, 4.69) is 0 Å². The highest BCUT2D eigenvalue weighted by molar-refractivity contribution is 7.89. The van der Waals surface area contributed by atoms with Crippen molar-refractivity contribution in [1.29, 1.82) is 0 Å². The number of fused-ring (bicyclic) bond motifs is 1. The Labute approximate surface area is 127 Å². The third-order valence-corrected chi connectivity index (χ3v) is 5.95. The molecule has 2 saturated heterocycles. The largest absolute Gasteiger partial charge is 0.478 e. The van der Waals surface area contributed by atoms with Crippen molar-refractivity contribution in [2.24, 2.45) is 5.92 Å². The topological polar surface area (TPSA) is 106 Å². The van der Waals surface area contributed by atoms with Crippen LogP contribution in [0.2, 0.25) is 0 Å². The second kappa shape index (κ2) is 5.34. The molecule has 2 aliphatic rings. The van der Waals surface area contributed by atoms with Crippen molar-refractivity contribution in [2.45, 2.75) is 17.1 Å². The van der Waals surface area contributed by atoms with Crippen LogP contribution in [0.1, 0.15) is 16.8 Å². The van der Waals surface area contributed by atoms with E-state index in [0.29, 0.717) is 19.8 Å². The Kier molecular flexibility index (Phi) is 3.76. The first kappa shape index (κ1) is 15.5. The van der Waals surface area contributed by atoms with Gasteiger partial charge in [0.25, 0.3) is 10.0 Å². The monoisotopic (exact) mass is 331 g/mol. The number of carboxylic acids is 1. The number of rotatable bonds is 5. The molecule has 1 N–H and O–H groups in total. The molecule has 22 heavy (non-hydrogen) atoms. The predicted molar refractivity (Wildman–Crippen MR) is 73.1 cm³/mol. The van der Waals surface area contributed by atoms with Gasteiger partial charge in [-0.2, -0.15) is 4.31 Å². The number of carbonyl (C=O) groups is 1. The fourth-order valence-corrected chi connectivity index (χ4v) is 4.62. The van der Waals surface area contributed by atoms with Crippen molar-refractivity contribution in [2.75, 3.05) is 33.4 Å². The van der Waals surface area contributed by atoms with Gasteiger partial charge in [-0.3, -0.25) is 0 Å². The molecule has 1 aromatic rings. The lowest BCUT2D eigenvalue weighted by molar-refractivity contribution is -0.0553. The minimum Gasteiger partial charge on any atom is -0.478 e. The third-order valence-electron chi connectivity index (χ3n) is 4.27. The number of aromatic carboxylic acids is 1. The summed E-state index contributed by atoms with van der Waals surface area (Å²) in [5.74, 6) is -1.17. The Morgan fingerprint density at radius 3 is 3.00 bits per heavy atom. The number of carboxylic acid groups (broad SMARTS) is 1. The van der Waals surface area contributed by atoms with Gasteiger partial charge in [-0.1, -0.05) is 0 Å². The zero-order chi connectivity index (χ0) is 16.0. The predicted octanol–water partition coefficient (Wildman–Crippen LogP) is 0.404. The van der Waals surface area contributed by atoms with Gasteiger partial charge in [0.2, 0.25) is 5.09 Å². The molecule has 0 amide bonds. The Hall–Kier alpha value is -1.42. The number of methoxy groups -OCH3 is 1. The van der Waals surface area contributed by atoms with E-state index >= 15 is 0 Å². The molecule has 3 heterocycles. The molecule has 0 aliphatic carbocycles. The Morgan fingerprint density at radius 1 is 1.59 bits per heavy atom. The molecule has 2 fully saturated rings. The summed E-state index contributed by atoms with van der Waals surface area (Å²) in [6, 6.07) is 1.02. The van der Waals surface area contributed by atoms with Crippen molar-refractivity contribution in [3.05, 3.63) is 17.9 Å². The first-order valence-corrected chi connectivity index (χ1v) is 8.28. The second-order valence-corrected chi connectivity index (χ2v) is 7.46. The normalized spacial score (nSPS) is 28.9. The summed E-state index contributed by atoms with van der Waals surface area (Å²) in [4.78, 5) is 10.9. The summed E-state index contributed by atoms with van der Waals surface area (Å²) < 4.78 is 42.3. The molecule has 2 aliphatic heterocycles. The van der Waals surface area contributed by atoms with Gasteiger partial charge >= 0.3 is 5.97 Å². The summed E-state index contributed by atoms with van der Waals surface area (Å²) in [6.45, 7) is 1.40. The highest BCUT2D eigenvalue weighted by Crippen LogP contribution is 2.41. The molecule has 0 bridgehead atoms. The molecule has 2 atom stereocenters. The van der Waals surface area contributed by atoms with Crippen molar-refractivity contribution in [1.82, 2.24) is 4.31 Å². The van der Waals surface area contributed by atoms with Crippen LogP contribution >= 0.6 is 0 Å². The van der Waals surface area contributed by atoms with E-state index < -0.39 is 21.6 Å². The van der Waals surface area contributed by atoms with Crippen molar-refractivity contribution < 1.29 is 32.2 Å². The zero-order valence-electron chi connectivity index (χ0n) is 12.0. The number of ether oxygens (including phenoxy) is 2. The summed E-state index contributed by atoms with van der Waals surface area (Å²) in [6.07, 6.45) is 1.70. The van der Waals surface area contributed by atoms with Crippen LogP contribution in [0.5, 0.6) is 0 Å². The molecule has 1 aromatic heterocycles. The standard InChI is InChI=1S/C13H17NO7S/c1-19-8-13-7-14(5-10(13)2-3-21-13)22(17,18)11-4-9(6-20-11)12(15)16/h4,6,10H,2-3,5,7-8H2,1H3,(H,15,16)/t10-,13-/m1/s1. The Balaban J connectivity index is 1.86. The van der Waals surface area contributed by atoms with Crippen LogP contribution in [-0.2, 0) is 19.5 Å². The first-order chi connectivity index (χ1) is 10.4. The van der Waals surface area contributed by atoms with Gasteiger partial charge < -0.3 is 19.0 Å². The van der Waals surface area contributed by atoms with Crippen LogP contribution < -0.4 is 0 Å². The molecule has 0 radical (unpaired) electrons. The van der Waals surface area contributed by atoms with E-state index in [-0.39, 0.29) is 23.1 Å². The van der Waals surface area contributed by atoms with E-state index in [1.807, 2.05) is 0 Å². The van der Waals surface area contributed by atoms with Gasteiger partial charge in [0, 0.05) is 38.8 Å².